The molecule has 0 aliphatic carbocycles. The molecular weight excluding hydrogens is 363 g/mol. The SMILES string of the molecule is C=C1C=CC(c2ccc(CC(C)F)cc2)=NN1CC1=NC(c2ccccc2)=NC1. The maximum atomic E-state index is 13.2. The molecule has 4 nitrogen and oxygen atoms in total. The van der Waals surface area contributed by atoms with Crippen LogP contribution in [0.4, 0.5) is 4.39 Å². The molecule has 1 atom stereocenters. The van der Waals surface area contributed by atoms with Crippen molar-refractivity contribution in [1.29, 1.82) is 0 Å². The van der Waals surface area contributed by atoms with Crippen molar-refractivity contribution < 1.29 is 4.39 Å². The molecule has 0 saturated carbocycles. The summed E-state index contributed by atoms with van der Waals surface area (Å²) in [6.07, 6.45) is 3.49. The van der Waals surface area contributed by atoms with Crippen molar-refractivity contribution in [2.45, 2.75) is 19.5 Å². The molecule has 1 unspecified atom stereocenters. The van der Waals surface area contributed by atoms with Crippen molar-refractivity contribution in [2.75, 3.05) is 13.1 Å². The Bertz CT molecular complexity index is 1010. The molecule has 2 aromatic rings. The Kier molecular flexibility index (Phi) is 5.47. The van der Waals surface area contributed by atoms with Gasteiger partial charge in [0.15, 0.2) is 5.84 Å². The molecule has 29 heavy (non-hydrogen) atoms. The Morgan fingerprint density at radius 2 is 1.79 bits per heavy atom. The second kappa shape index (κ2) is 8.35. The second-order valence-corrected chi connectivity index (χ2v) is 7.23. The molecule has 2 heterocycles. The van der Waals surface area contributed by atoms with Crippen molar-refractivity contribution in [3.8, 4) is 0 Å². The molecule has 0 amide bonds. The van der Waals surface area contributed by atoms with Gasteiger partial charge in [0.25, 0.3) is 0 Å². The predicted molar refractivity (Wildman–Crippen MR) is 118 cm³/mol. The van der Waals surface area contributed by atoms with Crippen LogP contribution in [0.15, 0.2) is 94.1 Å². The number of halogens is 1. The van der Waals surface area contributed by atoms with Crippen LogP contribution in [0.5, 0.6) is 0 Å². The normalized spacial score (nSPS) is 17.1. The highest BCUT2D eigenvalue weighted by atomic mass is 19.1. The van der Waals surface area contributed by atoms with E-state index in [2.05, 4.69) is 16.6 Å². The number of nitrogens with zero attached hydrogens (tertiary/aromatic N) is 4. The molecule has 0 bridgehead atoms. The lowest BCUT2D eigenvalue weighted by Gasteiger charge is -2.23. The third-order valence-corrected chi connectivity index (χ3v) is 4.80. The molecule has 0 radical (unpaired) electrons. The molecule has 5 heteroatoms. The number of allylic oxidation sites excluding steroid dienone is 2. The quantitative estimate of drug-likeness (QED) is 0.716. The number of rotatable bonds is 6. The number of aliphatic imine (C=N–C) groups is 2. The van der Waals surface area contributed by atoms with E-state index in [1.54, 1.807) is 6.92 Å². The summed E-state index contributed by atoms with van der Waals surface area (Å²) in [5.41, 5.74) is 5.61. The fraction of sp³-hybridized carbons (Fsp3) is 0.208. The Hall–Kier alpha value is -3.34. The molecule has 0 spiro atoms. The summed E-state index contributed by atoms with van der Waals surface area (Å²) in [7, 11) is 0. The van der Waals surface area contributed by atoms with Gasteiger partial charge in [0.1, 0.15) is 6.17 Å². The Morgan fingerprint density at radius 3 is 2.52 bits per heavy atom. The van der Waals surface area contributed by atoms with Crippen molar-refractivity contribution >= 4 is 17.3 Å². The van der Waals surface area contributed by atoms with Gasteiger partial charge in [0.2, 0.25) is 0 Å². The molecule has 146 valence electrons. The summed E-state index contributed by atoms with van der Waals surface area (Å²) in [6.45, 7) is 6.77. The van der Waals surface area contributed by atoms with E-state index in [9.17, 15) is 4.39 Å². The van der Waals surface area contributed by atoms with Gasteiger partial charge in [-0.15, -0.1) is 0 Å². The van der Waals surface area contributed by atoms with Crippen LogP contribution in [0.2, 0.25) is 0 Å². The van der Waals surface area contributed by atoms with E-state index >= 15 is 0 Å². The first-order valence-electron chi connectivity index (χ1n) is 9.71. The molecular formula is C24H23FN4. The average molecular weight is 386 g/mol. The predicted octanol–water partition coefficient (Wildman–Crippen LogP) is 4.58. The topological polar surface area (TPSA) is 40.3 Å². The van der Waals surface area contributed by atoms with Crippen LogP contribution >= 0.6 is 0 Å². The van der Waals surface area contributed by atoms with Gasteiger partial charge in [-0.05, 0) is 24.6 Å². The molecule has 2 aromatic carbocycles. The molecule has 0 saturated heterocycles. The van der Waals surface area contributed by atoms with E-state index in [1.165, 1.54) is 0 Å². The minimum Gasteiger partial charge on any atom is -0.260 e. The van der Waals surface area contributed by atoms with Crippen LogP contribution in [0.1, 0.15) is 23.6 Å². The number of hydrogen-bond acceptors (Lipinski definition) is 4. The third-order valence-electron chi connectivity index (χ3n) is 4.80. The van der Waals surface area contributed by atoms with Crippen molar-refractivity contribution in [2.24, 2.45) is 15.1 Å². The lowest BCUT2D eigenvalue weighted by Crippen LogP contribution is -2.27. The molecule has 0 fully saturated rings. The first-order chi connectivity index (χ1) is 14.1. The van der Waals surface area contributed by atoms with Gasteiger partial charge in [0, 0.05) is 17.5 Å². The summed E-state index contributed by atoms with van der Waals surface area (Å²) in [5, 5.41) is 6.60. The summed E-state index contributed by atoms with van der Waals surface area (Å²) >= 11 is 0. The highest BCUT2D eigenvalue weighted by Crippen LogP contribution is 2.18. The van der Waals surface area contributed by atoms with E-state index in [4.69, 9.17) is 5.10 Å². The van der Waals surface area contributed by atoms with Crippen molar-refractivity contribution in [1.82, 2.24) is 5.01 Å². The smallest absolute Gasteiger partial charge is 0.154 e. The molecule has 0 N–H and O–H groups in total. The second-order valence-electron chi connectivity index (χ2n) is 7.23. The van der Waals surface area contributed by atoms with Crippen LogP contribution in [0.3, 0.4) is 0 Å². The monoisotopic (exact) mass is 386 g/mol. The van der Waals surface area contributed by atoms with E-state index < -0.39 is 6.17 Å². The maximum absolute atomic E-state index is 13.2. The molecule has 2 aliphatic heterocycles. The lowest BCUT2D eigenvalue weighted by atomic mass is 10.0. The highest BCUT2D eigenvalue weighted by Gasteiger charge is 2.18. The van der Waals surface area contributed by atoms with Gasteiger partial charge in [0.05, 0.1) is 30.2 Å². The lowest BCUT2D eigenvalue weighted by molar-refractivity contribution is 0.360. The number of alkyl halides is 1. The molecule has 2 aliphatic rings. The van der Waals surface area contributed by atoms with Gasteiger partial charge >= 0.3 is 0 Å². The highest BCUT2D eigenvalue weighted by molar-refractivity contribution is 6.12. The molecule has 4 rings (SSSR count). The maximum Gasteiger partial charge on any atom is 0.154 e. The van der Waals surface area contributed by atoms with Crippen LogP contribution in [-0.2, 0) is 6.42 Å². The fourth-order valence-electron chi connectivity index (χ4n) is 3.30. The van der Waals surface area contributed by atoms with Crippen LogP contribution < -0.4 is 0 Å². The first-order valence-corrected chi connectivity index (χ1v) is 9.71. The van der Waals surface area contributed by atoms with Crippen LogP contribution in [0, 0.1) is 0 Å². The van der Waals surface area contributed by atoms with E-state index in [0.29, 0.717) is 19.5 Å². The standard InChI is InChI=1S/C24H23FN4/c1-17(25)14-19-9-11-20(12-10-19)23-13-8-18(2)29(28-23)16-22-15-26-24(27-22)21-6-4-3-5-7-21/h3-13,17H,2,14-16H2,1H3. The number of hydrazone groups is 1. The number of benzene rings is 2. The zero-order valence-electron chi connectivity index (χ0n) is 16.4. The van der Waals surface area contributed by atoms with Gasteiger partial charge < -0.3 is 0 Å². The van der Waals surface area contributed by atoms with Crippen molar-refractivity contribution in [3.63, 3.8) is 0 Å². The Balaban J connectivity index is 1.48. The Morgan fingerprint density at radius 1 is 1.03 bits per heavy atom. The molecule has 0 aromatic heterocycles. The van der Waals surface area contributed by atoms with Crippen LogP contribution in [-0.4, -0.2) is 41.5 Å². The van der Waals surface area contributed by atoms with Crippen molar-refractivity contribution in [3.05, 3.63) is 95.7 Å². The van der Waals surface area contributed by atoms with Gasteiger partial charge in [-0.3, -0.25) is 10.0 Å². The van der Waals surface area contributed by atoms with Crippen LogP contribution in [0.25, 0.3) is 0 Å². The summed E-state index contributed by atoms with van der Waals surface area (Å²) in [6, 6.07) is 17.8. The zero-order chi connectivity index (χ0) is 20.2. The van der Waals surface area contributed by atoms with Gasteiger partial charge in [-0.25, -0.2) is 9.38 Å². The first kappa shape index (κ1) is 19.0. The van der Waals surface area contributed by atoms with E-state index in [1.807, 2.05) is 71.8 Å². The number of hydrogen-bond donors (Lipinski definition) is 0. The summed E-state index contributed by atoms with van der Waals surface area (Å²) in [4.78, 5) is 9.23. The van der Waals surface area contributed by atoms with Gasteiger partial charge in [-0.1, -0.05) is 61.2 Å². The summed E-state index contributed by atoms with van der Waals surface area (Å²) in [5.74, 6) is 0.764. The average Bonchev–Trinajstić information content (AvgIpc) is 3.19. The number of amidine groups is 1. The van der Waals surface area contributed by atoms with E-state index in [-0.39, 0.29) is 0 Å². The minimum atomic E-state index is -0.846. The summed E-state index contributed by atoms with van der Waals surface area (Å²) < 4.78 is 13.2. The Labute approximate surface area is 170 Å². The third kappa shape index (κ3) is 4.57. The fourth-order valence-corrected chi connectivity index (χ4v) is 3.30. The zero-order valence-corrected chi connectivity index (χ0v) is 16.4. The van der Waals surface area contributed by atoms with Gasteiger partial charge in [-0.2, -0.15) is 5.10 Å². The largest absolute Gasteiger partial charge is 0.260 e. The minimum absolute atomic E-state index is 0.426. The van der Waals surface area contributed by atoms with E-state index in [0.717, 1.165) is 39.6 Å².